The van der Waals surface area contributed by atoms with Gasteiger partial charge in [0, 0.05) is 10.5 Å². The summed E-state index contributed by atoms with van der Waals surface area (Å²) in [6.45, 7) is -0.135. The summed E-state index contributed by atoms with van der Waals surface area (Å²) in [6, 6.07) is 13.2. The molecule has 25 heavy (non-hydrogen) atoms. The summed E-state index contributed by atoms with van der Waals surface area (Å²) in [5.41, 5.74) is 1.44. The molecule has 0 radical (unpaired) electrons. The van der Waals surface area contributed by atoms with Gasteiger partial charge >= 0.3 is 5.97 Å². The Hall–Kier alpha value is -2.80. The van der Waals surface area contributed by atoms with E-state index in [4.69, 9.17) is 9.15 Å². The van der Waals surface area contributed by atoms with Crippen molar-refractivity contribution in [2.24, 2.45) is 0 Å². The zero-order chi connectivity index (χ0) is 17.6. The van der Waals surface area contributed by atoms with Gasteiger partial charge in [0.05, 0.1) is 5.56 Å². The van der Waals surface area contributed by atoms with Gasteiger partial charge in [-0.2, -0.15) is 0 Å². The molecule has 0 bridgehead atoms. The second-order valence-corrected chi connectivity index (χ2v) is 5.83. The number of esters is 1. The van der Waals surface area contributed by atoms with Crippen LogP contribution < -0.4 is 0 Å². The molecule has 0 fully saturated rings. The van der Waals surface area contributed by atoms with E-state index >= 15 is 0 Å². The van der Waals surface area contributed by atoms with Gasteiger partial charge in [0.15, 0.2) is 6.61 Å². The molecule has 0 atom stereocenters. The lowest BCUT2D eigenvalue weighted by Crippen LogP contribution is -2.00. The second kappa shape index (κ2) is 7.85. The van der Waals surface area contributed by atoms with Crippen LogP contribution in [0.2, 0.25) is 0 Å². The zero-order valence-corrected chi connectivity index (χ0v) is 14.4. The average molecular weight is 403 g/mol. The molecule has 126 valence electrons. The molecule has 5 nitrogen and oxygen atoms in total. The number of ether oxygens (including phenoxy) is 1. The average Bonchev–Trinajstić information content (AvgIpc) is 3.08. The Balaban J connectivity index is 1.58. The molecule has 3 rings (SSSR count). The Morgan fingerprint density at radius 2 is 1.92 bits per heavy atom. The largest absolute Gasteiger partial charge is 0.452 e. The van der Waals surface area contributed by atoms with E-state index in [2.05, 4.69) is 26.1 Å². The van der Waals surface area contributed by atoms with Crippen LogP contribution in [0, 0.1) is 5.82 Å². The normalized spacial score (nSPS) is 11.0. The highest BCUT2D eigenvalue weighted by molar-refractivity contribution is 9.10. The molecule has 0 aliphatic carbocycles. The van der Waals surface area contributed by atoms with Crippen molar-refractivity contribution in [2.75, 3.05) is 0 Å². The maximum atomic E-state index is 12.8. The predicted molar refractivity (Wildman–Crippen MR) is 92.7 cm³/mol. The number of rotatable bonds is 5. The summed E-state index contributed by atoms with van der Waals surface area (Å²) >= 11 is 3.41. The summed E-state index contributed by atoms with van der Waals surface area (Å²) in [6.07, 6.45) is 2.78. The summed E-state index contributed by atoms with van der Waals surface area (Å²) in [5.74, 6) is -0.378. The van der Waals surface area contributed by atoms with Crippen molar-refractivity contribution in [1.82, 2.24) is 10.2 Å². The minimum atomic E-state index is -0.565. The Labute approximate surface area is 151 Å². The number of benzene rings is 2. The van der Waals surface area contributed by atoms with E-state index in [0.717, 1.165) is 10.0 Å². The van der Waals surface area contributed by atoms with Gasteiger partial charge in [-0.25, -0.2) is 9.18 Å². The van der Waals surface area contributed by atoms with E-state index in [9.17, 15) is 9.18 Å². The number of nitrogens with zero attached hydrogens (tertiary/aromatic N) is 2. The van der Waals surface area contributed by atoms with Crippen molar-refractivity contribution in [2.45, 2.75) is 6.61 Å². The maximum absolute atomic E-state index is 12.8. The lowest BCUT2D eigenvalue weighted by molar-refractivity contribution is -0.139. The molecular weight excluding hydrogens is 391 g/mol. The van der Waals surface area contributed by atoms with E-state index in [0.29, 0.717) is 11.5 Å². The third-order valence-corrected chi connectivity index (χ3v) is 3.88. The molecule has 7 heteroatoms. The van der Waals surface area contributed by atoms with Gasteiger partial charge in [-0.3, -0.25) is 0 Å². The highest BCUT2D eigenvalue weighted by Gasteiger charge is 2.12. The van der Waals surface area contributed by atoms with Gasteiger partial charge < -0.3 is 9.15 Å². The van der Waals surface area contributed by atoms with Crippen LogP contribution in [0.1, 0.15) is 11.5 Å². The van der Waals surface area contributed by atoms with Crippen LogP contribution in [0.3, 0.4) is 0 Å². The Kier molecular flexibility index (Phi) is 5.35. The topological polar surface area (TPSA) is 65.2 Å². The van der Waals surface area contributed by atoms with Gasteiger partial charge in [-0.15, -0.1) is 10.2 Å². The molecule has 2 aromatic carbocycles. The standard InChI is InChI=1S/C18H12BrFN2O3/c19-15-4-2-1-3-14(15)18-22-21-16(25-18)11-24-17(23)10-7-12-5-8-13(20)9-6-12/h1-10H,11H2/b10-7+. The second-order valence-electron chi connectivity index (χ2n) is 4.97. The molecule has 0 saturated carbocycles. The fourth-order valence-electron chi connectivity index (χ4n) is 1.97. The summed E-state index contributed by atoms with van der Waals surface area (Å²) in [5, 5.41) is 7.79. The minimum Gasteiger partial charge on any atom is -0.452 e. The molecule has 0 aliphatic heterocycles. The van der Waals surface area contributed by atoms with Crippen molar-refractivity contribution >= 4 is 28.0 Å². The van der Waals surface area contributed by atoms with Gasteiger partial charge in [-0.1, -0.05) is 24.3 Å². The van der Waals surface area contributed by atoms with Crippen molar-refractivity contribution < 1.29 is 18.3 Å². The third kappa shape index (κ3) is 4.60. The van der Waals surface area contributed by atoms with Gasteiger partial charge in [-0.05, 0) is 51.8 Å². The van der Waals surface area contributed by atoms with Crippen molar-refractivity contribution in [3.63, 3.8) is 0 Å². The Morgan fingerprint density at radius 1 is 1.16 bits per heavy atom. The third-order valence-electron chi connectivity index (χ3n) is 3.19. The quantitative estimate of drug-likeness (QED) is 0.467. The van der Waals surface area contributed by atoms with Crippen LogP contribution in [0.4, 0.5) is 4.39 Å². The molecule has 1 aromatic heterocycles. The van der Waals surface area contributed by atoms with Crippen LogP contribution >= 0.6 is 15.9 Å². The highest BCUT2D eigenvalue weighted by atomic mass is 79.9. The van der Waals surface area contributed by atoms with Crippen LogP contribution in [0.5, 0.6) is 0 Å². The smallest absolute Gasteiger partial charge is 0.331 e. The monoisotopic (exact) mass is 402 g/mol. The fraction of sp³-hybridized carbons (Fsp3) is 0.0556. The summed E-state index contributed by atoms with van der Waals surface area (Å²) in [4.78, 5) is 11.7. The highest BCUT2D eigenvalue weighted by Crippen LogP contribution is 2.26. The van der Waals surface area contributed by atoms with Crippen LogP contribution in [-0.4, -0.2) is 16.2 Å². The van der Waals surface area contributed by atoms with Crippen LogP contribution in [-0.2, 0) is 16.1 Å². The lowest BCUT2D eigenvalue weighted by atomic mass is 10.2. The first-order valence-corrected chi connectivity index (χ1v) is 8.09. The maximum Gasteiger partial charge on any atom is 0.331 e. The number of aromatic nitrogens is 2. The molecule has 0 unspecified atom stereocenters. The van der Waals surface area contributed by atoms with Crippen molar-refractivity contribution in [3.8, 4) is 11.5 Å². The molecule has 0 spiro atoms. The van der Waals surface area contributed by atoms with E-state index in [1.54, 1.807) is 12.1 Å². The van der Waals surface area contributed by atoms with Gasteiger partial charge in [0.1, 0.15) is 5.82 Å². The first-order chi connectivity index (χ1) is 12.1. The molecule has 1 heterocycles. The number of halogens is 2. The minimum absolute atomic E-state index is 0.135. The van der Waals surface area contributed by atoms with Crippen LogP contribution in [0.15, 0.2) is 63.5 Å². The Morgan fingerprint density at radius 3 is 2.68 bits per heavy atom. The summed E-state index contributed by atoms with van der Waals surface area (Å²) in [7, 11) is 0. The number of hydrogen-bond donors (Lipinski definition) is 0. The molecule has 0 aliphatic rings. The van der Waals surface area contributed by atoms with E-state index < -0.39 is 5.97 Å². The van der Waals surface area contributed by atoms with E-state index in [1.807, 2.05) is 24.3 Å². The summed E-state index contributed by atoms with van der Waals surface area (Å²) < 4.78 is 24.2. The SMILES string of the molecule is O=C(/C=C/c1ccc(F)cc1)OCc1nnc(-c2ccccc2Br)o1. The molecule has 0 saturated heterocycles. The predicted octanol–water partition coefficient (Wildman–Crippen LogP) is 4.39. The van der Waals surface area contributed by atoms with Crippen molar-refractivity contribution in [1.29, 1.82) is 0 Å². The first-order valence-electron chi connectivity index (χ1n) is 7.29. The fourth-order valence-corrected chi connectivity index (χ4v) is 2.43. The number of hydrogen-bond acceptors (Lipinski definition) is 5. The molecule has 0 amide bonds. The number of carbonyl (C=O) groups is 1. The van der Waals surface area contributed by atoms with Gasteiger partial charge in [0.25, 0.3) is 5.89 Å². The zero-order valence-electron chi connectivity index (χ0n) is 12.9. The van der Waals surface area contributed by atoms with E-state index in [1.165, 1.54) is 24.3 Å². The van der Waals surface area contributed by atoms with Gasteiger partial charge in [0.2, 0.25) is 5.89 Å². The first kappa shape index (κ1) is 17.0. The van der Waals surface area contributed by atoms with E-state index in [-0.39, 0.29) is 18.3 Å². The molecule has 3 aromatic rings. The molecular formula is C18H12BrFN2O3. The van der Waals surface area contributed by atoms with Crippen LogP contribution in [0.25, 0.3) is 17.5 Å². The van der Waals surface area contributed by atoms with Crippen molar-refractivity contribution in [3.05, 3.63) is 76.4 Å². The lowest BCUT2D eigenvalue weighted by Gasteiger charge is -1.98. The molecule has 0 N–H and O–H groups in total. The Bertz CT molecular complexity index is 907. The number of carbonyl (C=O) groups excluding carboxylic acids is 1.